The molecule has 12 nitrogen and oxygen atoms in total. The first-order chi connectivity index (χ1) is 18.3. The zero-order valence-electron chi connectivity index (χ0n) is 20.1. The van der Waals surface area contributed by atoms with Gasteiger partial charge in [0.05, 0.1) is 29.4 Å². The van der Waals surface area contributed by atoms with E-state index in [0.717, 1.165) is 12.3 Å². The highest BCUT2D eigenvalue weighted by Crippen LogP contribution is 2.31. The Labute approximate surface area is 214 Å². The zero-order valence-corrected chi connectivity index (χ0v) is 20.1. The molecule has 1 aromatic carbocycles. The van der Waals surface area contributed by atoms with Crippen molar-refractivity contribution < 1.29 is 23.5 Å². The summed E-state index contributed by atoms with van der Waals surface area (Å²) in [6, 6.07) is 4.98. The molecule has 0 spiro atoms. The van der Waals surface area contributed by atoms with E-state index in [2.05, 4.69) is 25.3 Å². The Morgan fingerprint density at radius 3 is 2.66 bits per heavy atom. The average molecular weight is 521 g/mol. The smallest absolute Gasteiger partial charge is 0.357 e. The van der Waals surface area contributed by atoms with Crippen LogP contribution in [0.25, 0.3) is 11.3 Å². The summed E-state index contributed by atoms with van der Waals surface area (Å²) in [7, 11) is 0. The Hall–Kier alpha value is -4.93. The Kier molecular flexibility index (Phi) is 6.41. The summed E-state index contributed by atoms with van der Waals surface area (Å²) in [5, 5.41) is 30.3. The van der Waals surface area contributed by atoms with Gasteiger partial charge in [0.15, 0.2) is 11.5 Å². The van der Waals surface area contributed by atoms with E-state index in [1.54, 1.807) is 29.0 Å². The van der Waals surface area contributed by atoms with E-state index < -0.39 is 23.6 Å². The molecule has 2 N–H and O–H groups in total. The van der Waals surface area contributed by atoms with Gasteiger partial charge >= 0.3 is 12.0 Å². The van der Waals surface area contributed by atoms with E-state index in [4.69, 9.17) is 5.26 Å². The highest BCUT2D eigenvalue weighted by Gasteiger charge is 2.34. The number of nitriles is 1. The number of H-pyrrole nitrogens is 1. The molecule has 14 heteroatoms. The molecule has 2 aliphatic rings. The van der Waals surface area contributed by atoms with Gasteiger partial charge in [0, 0.05) is 44.5 Å². The van der Waals surface area contributed by atoms with Gasteiger partial charge in [0.25, 0.3) is 0 Å². The second kappa shape index (κ2) is 9.85. The number of carboxylic acid groups (broad SMARTS) is 1. The number of hydrazone groups is 1. The number of carboxylic acids is 1. The van der Waals surface area contributed by atoms with Gasteiger partial charge in [-0.3, -0.25) is 5.10 Å². The van der Waals surface area contributed by atoms with Gasteiger partial charge in [0.2, 0.25) is 5.95 Å². The highest BCUT2D eigenvalue weighted by atomic mass is 19.1. The topological polar surface area (TPSA) is 155 Å². The highest BCUT2D eigenvalue weighted by molar-refractivity contribution is 5.94. The summed E-state index contributed by atoms with van der Waals surface area (Å²) in [6.07, 6.45) is 2.94. The van der Waals surface area contributed by atoms with Crippen molar-refractivity contribution in [3.63, 3.8) is 0 Å². The first-order valence-corrected chi connectivity index (χ1v) is 11.6. The van der Waals surface area contributed by atoms with E-state index in [9.17, 15) is 23.5 Å². The van der Waals surface area contributed by atoms with Crippen molar-refractivity contribution in [1.29, 1.82) is 5.26 Å². The summed E-state index contributed by atoms with van der Waals surface area (Å²) in [4.78, 5) is 36.5. The maximum absolute atomic E-state index is 14.6. The number of piperazine rings is 1. The monoisotopic (exact) mass is 521 g/mol. The molecule has 3 aromatic rings. The number of amides is 2. The van der Waals surface area contributed by atoms with Gasteiger partial charge in [-0.2, -0.15) is 15.5 Å². The molecule has 5 rings (SSSR count). The first-order valence-electron chi connectivity index (χ1n) is 11.6. The molecule has 1 atom stereocenters. The Bertz CT molecular complexity index is 1490. The molecule has 2 aliphatic heterocycles. The van der Waals surface area contributed by atoms with Crippen molar-refractivity contribution in [2.45, 2.75) is 19.4 Å². The third kappa shape index (κ3) is 4.49. The normalized spacial score (nSPS) is 17.1. The van der Waals surface area contributed by atoms with Crippen LogP contribution in [0, 0.1) is 29.9 Å². The van der Waals surface area contributed by atoms with Gasteiger partial charge in [0.1, 0.15) is 11.5 Å². The van der Waals surface area contributed by atoms with Crippen molar-refractivity contribution in [2.24, 2.45) is 5.10 Å². The molecule has 0 saturated carbocycles. The van der Waals surface area contributed by atoms with Gasteiger partial charge in [-0.25, -0.2) is 33.3 Å². The Morgan fingerprint density at radius 2 is 1.95 bits per heavy atom. The largest absolute Gasteiger partial charge is 0.476 e. The summed E-state index contributed by atoms with van der Waals surface area (Å²) in [6.45, 7) is 2.79. The molecular formula is C24H21F2N9O3. The van der Waals surface area contributed by atoms with Crippen LogP contribution in [0.3, 0.4) is 0 Å². The van der Waals surface area contributed by atoms with E-state index in [1.807, 2.05) is 6.07 Å². The molecule has 0 radical (unpaired) electrons. The molecule has 1 fully saturated rings. The third-order valence-electron chi connectivity index (χ3n) is 6.41. The van der Waals surface area contributed by atoms with Crippen LogP contribution < -0.4 is 4.90 Å². The molecule has 0 bridgehead atoms. The van der Waals surface area contributed by atoms with Crippen LogP contribution >= 0.6 is 0 Å². The van der Waals surface area contributed by atoms with Crippen molar-refractivity contribution in [3.8, 4) is 17.3 Å². The number of anilines is 1. The fourth-order valence-electron chi connectivity index (χ4n) is 4.55. The lowest BCUT2D eigenvalue weighted by atomic mass is 10.0. The lowest BCUT2D eigenvalue weighted by molar-refractivity contribution is 0.0691. The number of aromatic carboxylic acids is 1. The van der Waals surface area contributed by atoms with E-state index in [1.165, 1.54) is 11.1 Å². The quantitative estimate of drug-likeness (QED) is 0.531. The van der Waals surface area contributed by atoms with Crippen LogP contribution in [-0.2, 0) is 0 Å². The van der Waals surface area contributed by atoms with Gasteiger partial charge in [-0.1, -0.05) is 0 Å². The van der Waals surface area contributed by atoms with Crippen LogP contribution in [0.2, 0.25) is 0 Å². The number of aromatic nitrogens is 4. The van der Waals surface area contributed by atoms with E-state index >= 15 is 0 Å². The standard InChI is InChI=1S/C24H21F2N9O3/c1-13-19(21(22(36)37)32-31-13)20-17(26)12-28-23(30-20)33-4-6-34(7-5-33)24(38)35-18(2-3-29-35)15-8-14(11-27)9-16(25)10-15/h3,8-10,12,18H,2,4-7H2,1H3,(H,31,32)(H,36,37)/t18-/m0/s1. The number of nitrogens with zero attached hydrogens (tertiary/aromatic N) is 8. The predicted molar refractivity (Wildman–Crippen MR) is 129 cm³/mol. The first kappa shape index (κ1) is 24.8. The Balaban J connectivity index is 1.31. The summed E-state index contributed by atoms with van der Waals surface area (Å²) in [5.41, 5.74) is 0.506. The van der Waals surface area contributed by atoms with E-state index in [-0.39, 0.29) is 47.6 Å². The summed E-state index contributed by atoms with van der Waals surface area (Å²) < 4.78 is 28.6. The minimum Gasteiger partial charge on any atom is -0.476 e. The number of carbonyl (C=O) groups excluding carboxylic acids is 1. The van der Waals surface area contributed by atoms with Crippen LogP contribution in [0.5, 0.6) is 0 Å². The molecule has 2 amide bonds. The lowest BCUT2D eigenvalue weighted by Gasteiger charge is -2.37. The van der Waals surface area contributed by atoms with Crippen LogP contribution in [-0.4, -0.2) is 79.6 Å². The van der Waals surface area contributed by atoms with Crippen LogP contribution in [0.4, 0.5) is 19.5 Å². The second-order valence-corrected chi connectivity index (χ2v) is 8.78. The van der Waals surface area contributed by atoms with Gasteiger partial charge in [-0.15, -0.1) is 0 Å². The minimum atomic E-state index is -1.32. The van der Waals surface area contributed by atoms with E-state index in [0.29, 0.717) is 30.8 Å². The molecule has 0 aliphatic carbocycles. The summed E-state index contributed by atoms with van der Waals surface area (Å²) >= 11 is 0. The lowest BCUT2D eigenvalue weighted by Crippen LogP contribution is -2.52. The molecule has 38 heavy (non-hydrogen) atoms. The van der Waals surface area contributed by atoms with Crippen LogP contribution in [0.15, 0.2) is 29.5 Å². The van der Waals surface area contributed by atoms with Crippen LogP contribution in [0.1, 0.15) is 39.8 Å². The molecule has 1 saturated heterocycles. The maximum atomic E-state index is 14.6. The molecule has 2 aromatic heterocycles. The van der Waals surface area contributed by atoms with Crippen molar-refractivity contribution >= 4 is 24.2 Å². The molecular weight excluding hydrogens is 500 g/mol. The van der Waals surface area contributed by atoms with Crippen molar-refractivity contribution in [3.05, 3.63) is 58.5 Å². The fourth-order valence-corrected chi connectivity index (χ4v) is 4.55. The number of aromatic amines is 1. The SMILES string of the molecule is Cc1[nH]nc(C(=O)O)c1-c1nc(N2CCN(C(=O)N3N=CC[C@H]3c3cc(F)cc(C#N)c3)CC2)ncc1F. The van der Waals surface area contributed by atoms with Crippen molar-refractivity contribution in [1.82, 2.24) is 30.1 Å². The average Bonchev–Trinajstić information content (AvgIpc) is 3.55. The van der Waals surface area contributed by atoms with Gasteiger partial charge in [-0.05, 0) is 30.7 Å². The molecule has 0 unspecified atom stereocenters. The maximum Gasteiger partial charge on any atom is 0.357 e. The predicted octanol–water partition coefficient (Wildman–Crippen LogP) is 2.70. The molecule has 194 valence electrons. The fraction of sp³-hybridized carbons (Fsp3) is 0.292. The third-order valence-corrected chi connectivity index (χ3v) is 6.41. The number of aryl methyl sites for hydroxylation is 1. The summed E-state index contributed by atoms with van der Waals surface area (Å²) in [5.74, 6) is -2.48. The number of halogens is 2. The number of hydrogen-bond donors (Lipinski definition) is 2. The number of benzene rings is 1. The Morgan fingerprint density at radius 1 is 1.18 bits per heavy atom. The van der Waals surface area contributed by atoms with Crippen molar-refractivity contribution in [2.75, 3.05) is 31.1 Å². The minimum absolute atomic E-state index is 0.0438. The molecule has 4 heterocycles. The number of rotatable bonds is 4. The second-order valence-electron chi connectivity index (χ2n) is 8.78. The number of hydrogen-bond acceptors (Lipinski definition) is 8. The number of carbonyl (C=O) groups is 2. The zero-order chi connectivity index (χ0) is 27.0. The number of nitrogens with one attached hydrogen (secondary N) is 1. The van der Waals surface area contributed by atoms with Gasteiger partial charge < -0.3 is 14.9 Å². The number of urea groups is 1.